The highest BCUT2D eigenvalue weighted by Gasteiger charge is 2.13. The molecule has 14 heavy (non-hydrogen) atoms. The molecule has 1 atom stereocenters. The van der Waals surface area contributed by atoms with E-state index in [1.807, 2.05) is 10.7 Å². The van der Waals surface area contributed by atoms with Crippen molar-refractivity contribution < 1.29 is 4.79 Å². The van der Waals surface area contributed by atoms with E-state index in [2.05, 4.69) is 12.0 Å². The molecule has 0 fully saturated rings. The average molecular weight is 196 g/mol. The highest BCUT2D eigenvalue weighted by Crippen LogP contribution is 2.13. The van der Waals surface area contributed by atoms with E-state index < -0.39 is 0 Å². The van der Waals surface area contributed by atoms with E-state index in [0.717, 1.165) is 18.7 Å². The van der Waals surface area contributed by atoms with E-state index in [-0.39, 0.29) is 18.4 Å². The first-order valence-corrected chi connectivity index (χ1v) is 4.70. The zero-order valence-electron chi connectivity index (χ0n) is 8.31. The molecule has 0 aliphatic carbocycles. The Morgan fingerprint density at radius 1 is 1.71 bits per heavy atom. The molecule has 1 aromatic rings. The molecule has 0 bridgehead atoms. The lowest BCUT2D eigenvalue weighted by molar-refractivity contribution is -0.118. The summed E-state index contributed by atoms with van der Waals surface area (Å²) in [5.74, 6) is -0.387. The molecule has 0 aliphatic rings. The van der Waals surface area contributed by atoms with Gasteiger partial charge in [-0.25, -0.2) is 0 Å². The Morgan fingerprint density at radius 2 is 2.43 bits per heavy atom. The molecule has 0 aliphatic heterocycles. The van der Waals surface area contributed by atoms with Crippen molar-refractivity contribution >= 4 is 5.91 Å². The third-order valence-corrected chi connectivity index (χ3v) is 1.99. The zero-order chi connectivity index (χ0) is 10.6. The first-order valence-electron chi connectivity index (χ1n) is 4.70. The Bertz CT molecular complexity index is 308. The summed E-state index contributed by atoms with van der Waals surface area (Å²) in [7, 11) is 0. The molecule has 1 aromatic heterocycles. The van der Waals surface area contributed by atoms with Crippen molar-refractivity contribution in [2.45, 2.75) is 32.4 Å². The van der Waals surface area contributed by atoms with Gasteiger partial charge in [-0.2, -0.15) is 5.10 Å². The molecule has 0 spiro atoms. The molecule has 1 amide bonds. The number of aromatic nitrogens is 2. The summed E-state index contributed by atoms with van der Waals surface area (Å²) in [4.78, 5) is 10.7. The van der Waals surface area contributed by atoms with E-state index in [1.54, 1.807) is 6.20 Å². The second-order valence-corrected chi connectivity index (χ2v) is 3.26. The second kappa shape index (κ2) is 4.76. The number of nitrogens with zero attached hydrogens (tertiary/aromatic N) is 2. The molecule has 1 rings (SSSR count). The van der Waals surface area contributed by atoms with E-state index in [9.17, 15) is 4.79 Å². The lowest BCUT2D eigenvalue weighted by Crippen LogP contribution is -2.23. The first kappa shape index (κ1) is 10.7. The Kier molecular flexibility index (Phi) is 3.64. The summed E-state index contributed by atoms with van der Waals surface area (Å²) in [5.41, 5.74) is 11.8. The van der Waals surface area contributed by atoms with Gasteiger partial charge in [-0.05, 0) is 12.5 Å². The van der Waals surface area contributed by atoms with Crippen LogP contribution in [0.15, 0.2) is 12.3 Å². The van der Waals surface area contributed by atoms with E-state index in [1.165, 1.54) is 0 Å². The number of carbonyl (C=O) groups is 1. The van der Waals surface area contributed by atoms with Gasteiger partial charge in [0.1, 0.15) is 0 Å². The van der Waals surface area contributed by atoms with Gasteiger partial charge >= 0.3 is 0 Å². The molecule has 5 heteroatoms. The molecule has 0 aromatic carbocycles. The minimum absolute atomic E-state index is 0.162. The lowest BCUT2D eigenvalue weighted by Gasteiger charge is -2.11. The third-order valence-electron chi connectivity index (χ3n) is 1.99. The van der Waals surface area contributed by atoms with Crippen LogP contribution < -0.4 is 11.5 Å². The molecule has 0 saturated heterocycles. The highest BCUT2D eigenvalue weighted by molar-refractivity contribution is 5.74. The van der Waals surface area contributed by atoms with Crippen molar-refractivity contribution in [3.05, 3.63) is 18.0 Å². The molecule has 5 nitrogen and oxygen atoms in total. The number of aryl methyl sites for hydroxylation is 1. The number of hydrogen-bond acceptors (Lipinski definition) is 3. The van der Waals surface area contributed by atoms with Gasteiger partial charge in [-0.15, -0.1) is 0 Å². The average Bonchev–Trinajstić information content (AvgIpc) is 2.51. The molecule has 0 radical (unpaired) electrons. The van der Waals surface area contributed by atoms with Gasteiger partial charge in [0.05, 0.1) is 11.7 Å². The fourth-order valence-corrected chi connectivity index (χ4v) is 1.38. The predicted octanol–water partition coefficient (Wildman–Crippen LogP) is 0.168. The molecular weight excluding hydrogens is 180 g/mol. The van der Waals surface area contributed by atoms with E-state index in [0.29, 0.717) is 0 Å². The second-order valence-electron chi connectivity index (χ2n) is 3.26. The van der Waals surface area contributed by atoms with Crippen LogP contribution in [0.3, 0.4) is 0 Å². The van der Waals surface area contributed by atoms with Crippen LogP contribution in [0.5, 0.6) is 0 Å². The van der Waals surface area contributed by atoms with Crippen molar-refractivity contribution in [2.24, 2.45) is 11.5 Å². The zero-order valence-corrected chi connectivity index (χ0v) is 8.31. The number of primary amides is 1. The Hall–Kier alpha value is -1.36. The SMILES string of the molecule is CCCn1nccc1[C@H](N)CC(N)=O. The Balaban J connectivity index is 2.72. The molecule has 0 unspecified atom stereocenters. The molecular formula is C9H16N4O. The van der Waals surface area contributed by atoms with Crippen LogP contribution in [-0.2, 0) is 11.3 Å². The number of amides is 1. The van der Waals surface area contributed by atoms with Crippen LogP contribution in [0, 0.1) is 0 Å². The first-order chi connectivity index (χ1) is 6.65. The van der Waals surface area contributed by atoms with Crippen LogP contribution in [0.1, 0.15) is 31.5 Å². The van der Waals surface area contributed by atoms with Crippen LogP contribution in [-0.4, -0.2) is 15.7 Å². The van der Waals surface area contributed by atoms with E-state index >= 15 is 0 Å². The number of carbonyl (C=O) groups excluding carboxylic acids is 1. The van der Waals surface area contributed by atoms with Crippen molar-refractivity contribution in [1.82, 2.24) is 9.78 Å². The molecule has 78 valence electrons. The van der Waals surface area contributed by atoms with E-state index in [4.69, 9.17) is 11.5 Å². The fraction of sp³-hybridized carbons (Fsp3) is 0.556. The smallest absolute Gasteiger partial charge is 0.219 e. The summed E-state index contributed by atoms with van der Waals surface area (Å²) in [6.45, 7) is 2.87. The maximum Gasteiger partial charge on any atom is 0.219 e. The van der Waals surface area contributed by atoms with Crippen LogP contribution in [0.2, 0.25) is 0 Å². The Labute approximate surface area is 83.1 Å². The van der Waals surface area contributed by atoms with Crippen LogP contribution in [0.4, 0.5) is 0 Å². The fourth-order valence-electron chi connectivity index (χ4n) is 1.38. The predicted molar refractivity (Wildman–Crippen MR) is 53.3 cm³/mol. The standard InChI is InChI=1S/C9H16N4O/c1-2-5-13-8(3-4-12-13)7(10)6-9(11)14/h3-4,7H,2,5-6,10H2,1H3,(H2,11,14)/t7-/m1/s1. The minimum Gasteiger partial charge on any atom is -0.370 e. The summed E-state index contributed by atoms with van der Waals surface area (Å²) in [6, 6.07) is 1.48. The third kappa shape index (κ3) is 2.56. The van der Waals surface area contributed by atoms with Gasteiger partial charge in [-0.3, -0.25) is 9.48 Å². The maximum absolute atomic E-state index is 10.7. The number of hydrogen-bond donors (Lipinski definition) is 2. The van der Waals surface area contributed by atoms with Crippen LogP contribution >= 0.6 is 0 Å². The largest absolute Gasteiger partial charge is 0.370 e. The van der Waals surface area contributed by atoms with Gasteiger partial charge in [-0.1, -0.05) is 6.92 Å². The molecule has 0 saturated carbocycles. The topological polar surface area (TPSA) is 86.9 Å². The van der Waals surface area contributed by atoms with Gasteiger partial charge < -0.3 is 11.5 Å². The van der Waals surface area contributed by atoms with Gasteiger partial charge in [0.25, 0.3) is 0 Å². The van der Waals surface area contributed by atoms with Gasteiger partial charge in [0, 0.05) is 19.2 Å². The summed E-state index contributed by atoms with van der Waals surface area (Å²) < 4.78 is 1.81. The van der Waals surface area contributed by atoms with Crippen molar-refractivity contribution in [3.63, 3.8) is 0 Å². The monoisotopic (exact) mass is 196 g/mol. The molecule has 4 N–H and O–H groups in total. The summed E-state index contributed by atoms with van der Waals surface area (Å²) in [5, 5.41) is 4.12. The molecule has 1 heterocycles. The highest BCUT2D eigenvalue weighted by atomic mass is 16.1. The summed E-state index contributed by atoms with van der Waals surface area (Å²) >= 11 is 0. The lowest BCUT2D eigenvalue weighted by atomic mass is 10.1. The van der Waals surface area contributed by atoms with Crippen molar-refractivity contribution in [3.8, 4) is 0 Å². The van der Waals surface area contributed by atoms with Gasteiger partial charge in [0.2, 0.25) is 5.91 Å². The normalized spacial score (nSPS) is 12.7. The van der Waals surface area contributed by atoms with Crippen molar-refractivity contribution in [2.75, 3.05) is 0 Å². The minimum atomic E-state index is -0.387. The van der Waals surface area contributed by atoms with Crippen LogP contribution in [0.25, 0.3) is 0 Å². The number of rotatable bonds is 5. The number of nitrogens with two attached hydrogens (primary N) is 2. The summed E-state index contributed by atoms with van der Waals surface area (Å²) in [6.07, 6.45) is 2.83. The maximum atomic E-state index is 10.7. The Morgan fingerprint density at radius 3 is 3.00 bits per heavy atom. The van der Waals surface area contributed by atoms with Gasteiger partial charge in [0.15, 0.2) is 0 Å². The quantitative estimate of drug-likeness (QED) is 0.703. The van der Waals surface area contributed by atoms with Crippen molar-refractivity contribution in [1.29, 1.82) is 0 Å².